The van der Waals surface area contributed by atoms with Gasteiger partial charge in [0.05, 0.1) is 0 Å². The maximum Gasteiger partial charge on any atom is 0.697 e. The van der Waals surface area contributed by atoms with Gasteiger partial charge in [0, 0.05) is 34.1 Å². The molecule has 1 aliphatic rings. The molecule has 1 aliphatic heterocycles. The first-order valence-corrected chi connectivity index (χ1v) is 5.04. The van der Waals surface area contributed by atoms with Crippen molar-refractivity contribution in [3.8, 4) is 0 Å². The minimum Gasteiger partial charge on any atom is -0.329 e. The minimum absolute atomic E-state index is 0. The molecule has 1 fully saturated rings. The topological polar surface area (TPSA) is 87.6 Å². The van der Waals surface area contributed by atoms with Crippen molar-refractivity contribution in [2.45, 2.75) is 12.8 Å². The second-order valence-electron chi connectivity index (χ2n) is 2.17. The van der Waals surface area contributed by atoms with Crippen LogP contribution in [0.5, 0.6) is 0 Å². The average Bonchev–Trinajstić information content (AvgIpc) is 2.33. The van der Waals surface area contributed by atoms with Crippen molar-refractivity contribution in [3.05, 3.63) is 0 Å². The van der Waals surface area contributed by atoms with Gasteiger partial charge in [-0.3, -0.25) is 0 Å². The molecule has 5 nitrogen and oxygen atoms in total. The van der Waals surface area contributed by atoms with E-state index in [1.54, 1.807) is 0 Å². The van der Waals surface area contributed by atoms with E-state index >= 15 is 0 Å². The van der Waals surface area contributed by atoms with E-state index in [1.165, 1.54) is 0 Å². The van der Waals surface area contributed by atoms with E-state index in [0.29, 0.717) is 26.3 Å². The third-order valence-corrected chi connectivity index (χ3v) is 1.89. The molecule has 0 bridgehead atoms. The first kappa shape index (κ1) is 15.9. The molecule has 0 unspecified atom stereocenters. The second kappa shape index (κ2) is 12.4. The van der Waals surface area contributed by atoms with Gasteiger partial charge in [0.25, 0.3) is 0 Å². The Morgan fingerprint density at radius 2 is 1.46 bits per heavy atom. The van der Waals surface area contributed by atoms with Gasteiger partial charge in [0.2, 0.25) is 0 Å². The monoisotopic (exact) mass is 253 g/mol. The molecule has 0 amide bonds. The molecule has 0 aromatic carbocycles. The van der Waals surface area contributed by atoms with Crippen LogP contribution in [0.2, 0.25) is 0 Å². The van der Waals surface area contributed by atoms with Crippen LogP contribution in [-0.4, -0.2) is 26.3 Å². The summed E-state index contributed by atoms with van der Waals surface area (Å²) in [5.41, 5.74) is 9.81. The van der Waals surface area contributed by atoms with Crippen LogP contribution in [0, 0.1) is 0 Å². The summed E-state index contributed by atoms with van der Waals surface area (Å²) in [5.74, 6) is 0. The van der Waals surface area contributed by atoms with Gasteiger partial charge in [-0.1, -0.05) is 0 Å². The van der Waals surface area contributed by atoms with Gasteiger partial charge in [-0.15, -0.1) is 9.05 Å². The standard InChI is InChI=1S/C4H8O3P.C2H8N2.Ni/c5-8-6-3-1-2-4-7-8;3-1-2-4;/h1-4H2;1-4H2;/q+1;;. The summed E-state index contributed by atoms with van der Waals surface area (Å²) in [5, 5.41) is 0. The summed E-state index contributed by atoms with van der Waals surface area (Å²) in [4.78, 5) is 0. The van der Waals surface area contributed by atoms with Crippen LogP contribution in [0.15, 0.2) is 0 Å². The zero-order valence-corrected chi connectivity index (χ0v) is 9.27. The van der Waals surface area contributed by atoms with Crippen LogP contribution in [0.4, 0.5) is 0 Å². The molecule has 0 atom stereocenters. The van der Waals surface area contributed by atoms with E-state index in [9.17, 15) is 4.57 Å². The first-order chi connectivity index (χ1) is 5.81. The van der Waals surface area contributed by atoms with Gasteiger partial charge in [-0.2, -0.15) is 0 Å². The van der Waals surface area contributed by atoms with Crippen LogP contribution < -0.4 is 11.5 Å². The average molecular weight is 254 g/mol. The second-order valence-corrected chi connectivity index (χ2v) is 3.14. The smallest absolute Gasteiger partial charge is 0.329 e. The summed E-state index contributed by atoms with van der Waals surface area (Å²) in [6.45, 7) is 2.35. The van der Waals surface area contributed by atoms with E-state index in [-0.39, 0.29) is 16.5 Å². The van der Waals surface area contributed by atoms with Gasteiger partial charge in [-0.05, 0) is 12.8 Å². The van der Waals surface area contributed by atoms with Gasteiger partial charge in [0.1, 0.15) is 13.2 Å². The summed E-state index contributed by atoms with van der Waals surface area (Å²) in [6, 6.07) is 0. The molecular formula is C6H16N2NiO3P+. The van der Waals surface area contributed by atoms with Crippen LogP contribution >= 0.6 is 8.25 Å². The Hall–Kier alpha value is 0.434. The van der Waals surface area contributed by atoms with E-state index in [4.69, 9.17) is 11.5 Å². The van der Waals surface area contributed by atoms with Crippen molar-refractivity contribution in [2.24, 2.45) is 11.5 Å². The van der Waals surface area contributed by atoms with Crippen LogP contribution in [0.1, 0.15) is 12.8 Å². The molecule has 0 aromatic heterocycles. The fraction of sp³-hybridized carbons (Fsp3) is 1.00. The molecule has 4 N–H and O–H groups in total. The Balaban J connectivity index is 0. The molecule has 0 saturated carbocycles. The third kappa shape index (κ3) is 12.4. The fourth-order valence-electron chi connectivity index (χ4n) is 0.520. The number of rotatable bonds is 1. The zero-order chi connectivity index (χ0) is 9.23. The van der Waals surface area contributed by atoms with Crippen molar-refractivity contribution in [2.75, 3.05) is 26.3 Å². The van der Waals surface area contributed by atoms with E-state index in [0.717, 1.165) is 12.8 Å². The summed E-state index contributed by atoms with van der Waals surface area (Å²) >= 11 is 0. The molecule has 1 rings (SSSR count). The Morgan fingerprint density at radius 3 is 1.77 bits per heavy atom. The maximum atomic E-state index is 10.4. The SMILES string of the molecule is NCCN.O=[P+]1OCCCCO1.[Ni]. The van der Waals surface area contributed by atoms with Crippen molar-refractivity contribution < 1.29 is 30.1 Å². The predicted molar refractivity (Wildman–Crippen MR) is 46.9 cm³/mol. The molecule has 0 spiro atoms. The largest absolute Gasteiger partial charge is 0.697 e. The quantitative estimate of drug-likeness (QED) is 0.521. The van der Waals surface area contributed by atoms with Crippen molar-refractivity contribution in [1.29, 1.82) is 0 Å². The minimum atomic E-state index is -1.77. The summed E-state index contributed by atoms with van der Waals surface area (Å²) in [7, 11) is -1.77. The number of hydrogen-bond acceptors (Lipinski definition) is 5. The van der Waals surface area contributed by atoms with E-state index in [1.807, 2.05) is 0 Å². The molecule has 0 aliphatic carbocycles. The van der Waals surface area contributed by atoms with Crippen LogP contribution in [0.25, 0.3) is 0 Å². The Bertz CT molecular complexity index is 116. The van der Waals surface area contributed by atoms with Gasteiger partial charge >= 0.3 is 8.25 Å². The molecule has 13 heavy (non-hydrogen) atoms. The zero-order valence-electron chi connectivity index (χ0n) is 7.39. The Morgan fingerprint density at radius 1 is 1.08 bits per heavy atom. The molecule has 1 heterocycles. The number of nitrogens with two attached hydrogens (primary N) is 2. The Kier molecular flexibility index (Phi) is 15.2. The van der Waals surface area contributed by atoms with E-state index < -0.39 is 8.25 Å². The summed E-state index contributed by atoms with van der Waals surface area (Å²) in [6.07, 6.45) is 1.92. The van der Waals surface area contributed by atoms with Crippen molar-refractivity contribution in [1.82, 2.24) is 0 Å². The van der Waals surface area contributed by atoms with Crippen molar-refractivity contribution in [3.63, 3.8) is 0 Å². The number of hydrogen-bond donors (Lipinski definition) is 2. The molecule has 82 valence electrons. The van der Waals surface area contributed by atoms with Crippen LogP contribution in [-0.2, 0) is 30.1 Å². The fourth-order valence-corrected chi connectivity index (χ4v) is 1.15. The molecule has 1 saturated heterocycles. The van der Waals surface area contributed by atoms with Gasteiger partial charge in [-0.25, -0.2) is 0 Å². The van der Waals surface area contributed by atoms with Gasteiger partial charge < -0.3 is 11.5 Å². The molecule has 0 aromatic rings. The van der Waals surface area contributed by atoms with Crippen LogP contribution in [0.3, 0.4) is 0 Å². The third-order valence-electron chi connectivity index (χ3n) is 1.10. The first-order valence-electron chi connectivity index (χ1n) is 3.94. The maximum absolute atomic E-state index is 10.4. The van der Waals surface area contributed by atoms with E-state index in [2.05, 4.69) is 9.05 Å². The predicted octanol–water partition coefficient (Wildman–Crippen LogP) is 0.372. The molecular weight excluding hydrogens is 238 g/mol. The Labute approximate surface area is 89.4 Å². The summed E-state index contributed by atoms with van der Waals surface area (Å²) < 4.78 is 19.8. The van der Waals surface area contributed by atoms with Gasteiger partial charge in [0.15, 0.2) is 0 Å². The molecule has 0 radical (unpaired) electrons. The normalized spacial score (nSPS) is 16.3. The van der Waals surface area contributed by atoms with Crippen molar-refractivity contribution >= 4 is 8.25 Å². The molecule has 7 heteroatoms.